The molecule has 0 aliphatic carbocycles. The van der Waals surface area contributed by atoms with Crippen LogP contribution in [-0.2, 0) is 4.74 Å². The molecule has 0 atom stereocenters. The van der Waals surface area contributed by atoms with E-state index in [1.165, 1.54) is 30.6 Å². The Kier molecular flexibility index (Phi) is 4.40. The number of hydrogen-bond acceptors (Lipinski definition) is 3. The molecule has 2 aromatic rings. The fourth-order valence-electron chi connectivity index (χ4n) is 1.83. The van der Waals surface area contributed by atoms with E-state index in [9.17, 15) is 13.6 Å². The van der Waals surface area contributed by atoms with Crippen molar-refractivity contribution in [2.24, 2.45) is 0 Å². The number of para-hydroxylation sites is 1. The lowest BCUT2D eigenvalue weighted by molar-refractivity contribution is 0.0597. The molecule has 0 N–H and O–H groups in total. The maximum atomic E-state index is 14.1. The van der Waals surface area contributed by atoms with Crippen LogP contribution in [0, 0.1) is 11.6 Å². The molecule has 116 valence electrons. The summed E-state index contributed by atoms with van der Waals surface area (Å²) in [7, 11) is 0. The largest absolute Gasteiger partial charge is 0.443 e. The van der Waals surface area contributed by atoms with Crippen molar-refractivity contribution in [3.8, 4) is 0 Å². The molecule has 0 spiro atoms. The molecule has 1 aromatic carbocycles. The smallest absolute Gasteiger partial charge is 0.419 e. The van der Waals surface area contributed by atoms with Crippen LogP contribution in [0.5, 0.6) is 0 Å². The van der Waals surface area contributed by atoms with Crippen LogP contribution in [0.1, 0.15) is 20.8 Å². The molecule has 6 heteroatoms. The fraction of sp³-hybridized carbons (Fsp3) is 0.250. The lowest BCUT2D eigenvalue weighted by atomic mass is 10.2. The zero-order valence-corrected chi connectivity index (χ0v) is 12.5. The van der Waals surface area contributed by atoms with Gasteiger partial charge in [0.25, 0.3) is 0 Å². The lowest BCUT2D eigenvalue weighted by Gasteiger charge is -2.27. The molecule has 0 bridgehead atoms. The van der Waals surface area contributed by atoms with Crippen LogP contribution in [0.2, 0.25) is 0 Å². The second-order valence-electron chi connectivity index (χ2n) is 5.59. The van der Waals surface area contributed by atoms with Crippen LogP contribution in [0.25, 0.3) is 0 Å². The van der Waals surface area contributed by atoms with Gasteiger partial charge in [-0.1, -0.05) is 6.07 Å². The molecule has 0 unspecified atom stereocenters. The summed E-state index contributed by atoms with van der Waals surface area (Å²) in [5, 5.41) is 0. The van der Waals surface area contributed by atoms with Crippen LogP contribution < -0.4 is 4.90 Å². The molecule has 1 amide bonds. The van der Waals surface area contributed by atoms with E-state index in [0.29, 0.717) is 0 Å². The second kappa shape index (κ2) is 6.09. The number of rotatable bonds is 2. The average Bonchev–Trinajstić information content (AvgIpc) is 2.42. The number of anilines is 2. The van der Waals surface area contributed by atoms with Gasteiger partial charge in [0.1, 0.15) is 22.9 Å². The van der Waals surface area contributed by atoms with E-state index in [1.807, 2.05) is 0 Å². The Morgan fingerprint density at radius 2 is 1.64 bits per heavy atom. The fourth-order valence-corrected chi connectivity index (χ4v) is 1.83. The van der Waals surface area contributed by atoms with E-state index in [1.54, 1.807) is 20.8 Å². The average molecular weight is 306 g/mol. The Hall–Kier alpha value is -2.50. The lowest BCUT2D eigenvalue weighted by Crippen LogP contribution is -2.34. The molecule has 0 radical (unpaired) electrons. The van der Waals surface area contributed by atoms with Gasteiger partial charge < -0.3 is 4.74 Å². The van der Waals surface area contributed by atoms with E-state index in [-0.39, 0.29) is 5.69 Å². The van der Waals surface area contributed by atoms with Crippen molar-refractivity contribution < 1.29 is 18.3 Å². The van der Waals surface area contributed by atoms with E-state index >= 15 is 0 Å². The van der Waals surface area contributed by atoms with Crippen molar-refractivity contribution in [2.45, 2.75) is 26.4 Å². The monoisotopic (exact) mass is 306 g/mol. The maximum Gasteiger partial charge on any atom is 0.419 e. The van der Waals surface area contributed by atoms with Crippen LogP contribution in [0.3, 0.4) is 0 Å². The van der Waals surface area contributed by atoms with E-state index < -0.39 is 29.0 Å². The van der Waals surface area contributed by atoms with Gasteiger partial charge in [-0.05, 0) is 45.0 Å². The molecule has 2 rings (SSSR count). The Balaban J connectivity index is 2.54. The number of amides is 1. The van der Waals surface area contributed by atoms with Crippen molar-refractivity contribution in [3.63, 3.8) is 0 Å². The SMILES string of the molecule is CC(C)(C)OC(=O)N(c1ccncc1)c1c(F)cccc1F. The molecule has 22 heavy (non-hydrogen) atoms. The number of benzene rings is 1. The molecule has 0 saturated carbocycles. The number of nitrogens with zero attached hydrogens (tertiary/aromatic N) is 2. The van der Waals surface area contributed by atoms with Gasteiger partial charge in [0.2, 0.25) is 0 Å². The highest BCUT2D eigenvalue weighted by Gasteiger charge is 2.29. The van der Waals surface area contributed by atoms with Crippen molar-refractivity contribution in [1.29, 1.82) is 0 Å². The number of ether oxygens (including phenoxy) is 1. The van der Waals surface area contributed by atoms with Gasteiger partial charge in [-0.25, -0.2) is 18.5 Å². The Bertz CT molecular complexity index is 649. The van der Waals surface area contributed by atoms with Gasteiger partial charge in [-0.2, -0.15) is 0 Å². The second-order valence-corrected chi connectivity index (χ2v) is 5.59. The first-order valence-corrected chi connectivity index (χ1v) is 6.67. The summed E-state index contributed by atoms with van der Waals surface area (Å²) in [5.74, 6) is -1.72. The number of carbonyl (C=O) groups is 1. The Morgan fingerprint density at radius 3 is 2.14 bits per heavy atom. The minimum Gasteiger partial charge on any atom is -0.443 e. The molecular weight excluding hydrogens is 290 g/mol. The molecule has 0 fully saturated rings. The third-order valence-corrected chi connectivity index (χ3v) is 2.66. The number of aromatic nitrogens is 1. The number of halogens is 2. The van der Waals surface area contributed by atoms with Gasteiger partial charge in [-0.15, -0.1) is 0 Å². The Labute approximate surface area is 127 Å². The van der Waals surface area contributed by atoms with Crippen molar-refractivity contribution >= 4 is 17.5 Å². The summed E-state index contributed by atoms with van der Waals surface area (Å²) in [6.45, 7) is 5.02. The van der Waals surface area contributed by atoms with Crippen LogP contribution in [-0.4, -0.2) is 16.7 Å². The minimum absolute atomic E-state index is 0.258. The minimum atomic E-state index is -0.872. The molecule has 0 aliphatic heterocycles. The number of hydrogen-bond donors (Lipinski definition) is 0. The standard InChI is InChI=1S/C16H16F2N2O2/c1-16(2,3)22-15(21)20(11-7-9-19-10-8-11)14-12(17)5-4-6-13(14)18/h4-10H,1-3H3. The van der Waals surface area contributed by atoms with E-state index in [4.69, 9.17) is 4.74 Å². The van der Waals surface area contributed by atoms with E-state index in [0.717, 1.165) is 17.0 Å². The zero-order valence-electron chi connectivity index (χ0n) is 12.5. The molecule has 0 saturated heterocycles. The first kappa shape index (κ1) is 15.9. The summed E-state index contributed by atoms with van der Waals surface area (Å²) >= 11 is 0. The first-order chi connectivity index (χ1) is 10.3. The number of carbonyl (C=O) groups excluding carboxylic acids is 1. The number of pyridine rings is 1. The highest BCUT2D eigenvalue weighted by molar-refractivity contribution is 5.96. The molecule has 0 aliphatic rings. The van der Waals surface area contributed by atoms with Crippen LogP contribution in [0.15, 0.2) is 42.7 Å². The van der Waals surface area contributed by atoms with Gasteiger partial charge in [0, 0.05) is 12.4 Å². The molecule has 4 nitrogen and oxygen atoms in total. The Morgan fingerprint density at radius 1 is 1.09 bits per heavy atom. The zero-order chi connectivity index (χ0) is 16.3. The van der Waals surface area contributed by atoms with E-state index in [2.05, 4.69) is 4.98 Å². The van der Waals surface area contributed by atoms with Gasteiger partial charge in [0.15, 0.2) is 0 Å². The highest BCUT2D eigenvalue weighted by atomic mass is 19.1. The van der Waals surface area contributed by atoms with Crippen molar-refractivity contribution in [1.82, 2.24) is 4.98 Å². The van der Waals surface area contributed by atoms with Crippen molar-refractivity contribution in [3.05, 3.63) is 54.4 Å². The quantitative estimate of drug-likeness (QED) is 0.824. The molecule has 1 heterocycles. The topological polar surface area (TPSA) is 42.4 Å². The third-order valence-electron chi connectivity index (χ3n) is 2.66. The van der Waals surface area contributed by atoms with Crippen LogP contribution >= 0.6 is 0 Å². The van der Waals surface area contributed by atoms with Crippen molar-refractivity contribution in [2.75, 3.05) is 4.90 Å². The van der Waals surface area contributed by atoms with Gasteiger partial charge in [-0.3, -0.25) is 4.98 Å². The highest BCUT2D eigenvalue weighted by Crippen LogP contribution is 2.31. The van der Waals surface area contributed by atoms with Gasteiger partial charge in [0.05, 0.1) is 5.69 Å². The predicted octanol–water partition coefficient (Wildman–Crippen LogP) is 4.43. The van der Waals surface area contributed by atoms with Gasteiger partial charge >= 0.3 is 6.09 Å². The maximum absolute atomic E-state index is 14.1. The van der Waals surface area contributed by atoms with Crippen LogP contribution in [0.4, 0.5) is 25.0 Å². The summed E-state index contributed by atoms with van der Waals surface area (Å²) in [4.78, 5) is 17.1. The summed E-state index contributed by atoms with van der Waals surface area (Å²) in [5.41, 5.74) is -1.03. The molecular formula is C16H16F2N2O2. The summed E-state index contributed by atoms with van der Waals surface area (Å²) in [6.07, 6.45) is 1.97. The first-order valence-electron chi connectivity index (χ1n) is 6.67. The summed E-state index contributed by atoms with van der Waals surface area (Å²) in [6, 6.07) is 6.33. The predicted molar refractivity (Wildman–Crippen MR) is 79.0 cm³/mol. The third kappa shape index (κ3) is 3.58. The summed E-state index contributed by atoms with van der Waals surface area (Å²) < 4.78 is 33.4. The molecule has 1 aromatic heterocycles. The normalized spacial score (nSPS) is 11.1.